The molecule has 0 heterocycles. The van der Waals surface area contributed by atoms with Gasteiger partial charge in [0.2, 0.25) is 0 Å². The molecule has 0 aromatic heterocycles. The lowest BCUT2D eigenvalue weighted by Gasteiger charge is -2.12. The molecule has 1 amide bonds. The van der Waals surface area contributed by atoms with Crippen molar-refractivity contribution in [3.8, 4) is 11.1 Å². The van der Waals surface area contributed by atoms with E-state index in [2.05, 4.69) is 5.32 Å². The number of alkyl halides is 3. The number of nitrogens with two attached hydrogens (primary N) is 1. The van der Waals surface area contributed by atoms with Gasteiger partial charge in [-0.25, -0.2) is 0 Å². The monoisotopic (exact) mass is 396 g/mol. The Morgan fingerprint density at radius 2 is 1.62 bits per heavy atom. The van der Waals surface area contributed by atoms with E-state index < -0.39 is 11.7 Å². The average molecular weight is 396 g/mol. The number of nitrogens with one attached hydrogen (secondary N) is 1. The van der Waals surface area contributed by atoms with Crippen molar-refractivity contribution >= 4 is 11.6 Å². The molecular weight excluding hydrogens is 377 g/mol. The molecule has 0 radical (unpaired) electrons. The van der Waals surface area contributed by atoms with Crippen LogP contribution in [-0.4, -0.2) is 11.9 Å². The second-order valence-corrected chi connectivity index (χ2v) is 7.23. The van der Waals surface area contributed by atoms with Crippen LogP contribution in [0.1, 0.15) is 27.0 Å². The zero-order valence-corrected chi connectivity index (χ0v) is 15.5. The number of benzene rings is 3. The lowest BCUT2D eigenvalue weighted by molar-refractivity contribution is -0.137. The second kappa shape index (κ2) is 7.37. The van der Waals surface area contributed by atoms with Gasteiger partial charge in [0.1, 0.15) is 0 Å². The molecule has 3 nitrogen and oxygen atoms in total. The van der Waals surface area contributed by atoms with Crippen molar-refractivity contribution in [2.45, 2.75) is 25.1 Å². The SMILES string of the molecule is N[C@@H]1Cc2ccc(NC(=O)c3ccccc3-c3ccc(C(F)(F)F)cc3)cc2C1. The van der Waals surface area contributed by atoms with Gasteiger partial charge in [-0.05, 0) is 65.4 Å². The number of fused-ring (bicyclic) bond motifs is 1. The molecule has 1 aliphatic rings. The van der Waals surface area contributed by atoms with E-state index in [0.717, 1.165) is 30.5 Å². The number of anilines is 1. The number of amides is 1. The summed E-state index contributed by atoms with van der Waals surface area (Å²) in [7, 11) is 0. The summed E-state index contributed by atoms with van der Waals surface area (Å²) in [5, 5.41) is 2.89. The highest BCUT2D eigenvalue weighted by molar-refractivity contribution is 6.08. The summed E-state index contributed by atoms with van der Waals surface area (Å²) >= 11 is 0. The largest absolute Gasteiger partial charge is 0.416 e. The van der Waals surface area contributed by atoms with Gasteiger partial charge in [-0.15, -0.1) is 0 Å². The number of rotatable bonds is 3. The van der Waals surface area contributed by atoms with Crippen LogP contribution >= 0.6 is 0 Å². The lowest BCUT2D eigenvalue weighted by atomic mass is 9.98. The molecule has 0 spiro atoms. The van der Waals surface area contributed by atoms with E-state index in [9.17, 15) is 18.0 Å². The molecule has 0 bridgehead atoms. The zero-order chi connectivity index (χ0) is 20.6. The topological polar surface area (TPSA) is 55.1 Å². The Balaban J connectivity index is 1.60. The molecule has 0 unspecified atom stereocenters. The Bertz CT molecular complexity index is 1060. The first-order valence-electron chi connectivity index (χ1n) is 9.26. The minimum absolute atomic E-state index is 0.108. The third kappa shape index (κ3) is 4.03. The Morgan fingerprint density at radius 1 is 0.931 bits per heavy atom. The van der Waals surface area contributed by atoms with Gasteiger partial charge < -0.3 is 11.1 Å². The molecule has 3 N–H and O–H groups in total. The highest BCUT2D eigenvalue weighted by Crippen LogP contribution is 2.32. The van der Waals surface area contributed by atoms with E-state index in [1.807, 2.05) is 18.2 Å². The normalized spacial score (nSPS) is 15.8. The quantitative estimate of drug-likeness (QED) is 0.651. The van der Waals surface area contributed by atoms with Crippen LogP contribution in [0.2, 0.25) is 0 Å². The van der Waals surface area contributed by atoms with Crippen LogP contribution in [0.15, 0.2) is 66.7 Å². The standard InChI is InChI=1S/C23H19F3N2O/c24-23(25,26)17-8-5-14(6-9-17)20-3-1-2-4-21(20)22(29)28-19-10-7-15-11-18(27)12-16(15)13-19/h1-10,13,18H,11-12,27H2,(H,28,29)/t18-/m1/s1. The van der Waals surface area contributed by atoms with Crippen molar-refractivity contribution < 1.29 is 18.0 Å². The number of carbonyl (C=O) groups is 1. The van der Waals surface area contributed by atoms with Crippen LogP contribution in [-0.2, 0) is 19.0 Å². The Labute approximate surface area is 166 Å². The van der Waals surface area contributed by atoms with Crippen molar-refractivity contribution in [1.29, 1.82) is 0 Å². The van der Waals surface area contributed by atoms with Gasteiger partial charge in [0.25, 0.3) is 5.91 Å². The molecule has 0 saturated heterocycles. The van der Waals surface area contributed by atoms with Crippen LogP contribution in [0, 0.1) is 0 Å². The minimum atomic E-state index is -4.40. The maximum atomic E-state index is 12.9. The zero-order valence-electron chi connectivity index (χ0n) is 15.5. The van der Waals surface area contributed by atoms with Gasteiger partial charge >= 0.3 is 6.18 Å². The van der Waals surface area contributed by atoms with E-state index in [1.54, 1.807) is 24.3 Å². The molecular formula is C23H19F3N2O. The molecule has 29 heavy (non-hydrogen) atoms. The Morgan fingerprint density at radius 3 is 2.34 bits per heavy atom. The molecule has 3 aromatic carbocycles. The highest BCUT2D eigenvalue weighted by Gasteiger charge is 2.30. The van der Waals surface area contributed by atoms with Gasteiger partial charge in [-0.3, -0.25) is 4.79 Å². The van der Waals surface area contributed by atoms with Crippen LogP contribution in [0.5, 0.6) is 0 Å². The predicted molar refractivity (Wildman–Crippen MR) is 107 cm³/mol. The summed E-state index contributed by atoms with van der Waals surface area (Å²) in [6.07, 6.45) is -2.78. The van der Waals surface area contributed by atoms with E-state index in [0.29, 0.717) is 22.4 Å². The molecule has 148 valence electrons. The van der Waals surface area contributed by atoms with Gasteiger partial charge in [-0.2, -0.15) is 13.2 Å². The van der Waals surface area contributed by atoms with Gasteiger partial charge in [0.15, 0.2) is 0 Å². The highest BCUT2D eigenvalue weighted by atomic mass is 19.4. The fourth-order valence-electron chi connectivity index (χ4n) is 3.70. The summed E-state index contributed by atoms with van der Waals surface area (Å²) in [6.45, 7) is 0. The third-order valence-corrected chi connectivity index (χ3v) is 5.12. The summed E-state index contributed by atoms with van der Waals surface area (Å²) < 4.78 is 38.5. The number of hydrogen-bond acceptors (Lipinski definition) is 2. The molecule has 6 heteroatoms. The summed E-state index contributed by atoms with van der Waals surface area (Å²) in [5.74, 6) is -0.317. The maximum Gasteiger partial charge on any atom is 0.416 e. The smallest absolute Gasteiger partial charge is 0.327 e. The van der Waals surface area contributed by atoms with E-state index in [-0.39, 0.29) is 11.9 Å². The molecule has 4 rings (SSSR count). The molecule has 0 aliphatic heterocycles. The van der Waals surface area contributed by atoms with Crippen LogP contribution in [0.4, 0.5) is 18.9 Å². The van der Waals surface area contributed by atoms with Crippen LogP contribution in [0.3, 0.4) is 0 Å². The summed E-state index contributed by atoms with van der Waals surface area (Å²) in [6, 6.07) is 17.5. The molecule has 3 aromatic rings. The summed E-state index contributed by atoms with van der Waals surface area (Å²) in [4.78, 5) is 12.9. The first-order valence-corrected chi connectivity index (χ1v) is 9.26. The van der Waals surface area contributed by atoms with E-state index in [1.165, 1.54) is 17.7 Å². The average Bonchev–Trinajstić information content (AvgIpc) is 3.06. The van der Waals surface area contributed by atoms with E-state index >= 15 is 0 Å². The Kier molecular flexibility index (Phi) is 4.88. The molecule has 0 fully saturated rings. The van der Waals surface area contributed by atoms with Gasteiger partial charge in [-0.1, -0.05) is 36.4 Å². The van der Waals surface area contributed by atoms with Gasteiger partial charge in [0.05, 0.1) is 5.56 Å². The predicted octanol–water partition coefficient (Wildman–Crippen LogP) is 5.05. The van der Waals surface area contributed by atoms with Crippen molar-refractivity contribution in [3.63, 3.8) is 0 Å². The fraction of sp³-hybridized carbons (Fsp3) is 0.174. The number of halogens is 3. The van der Waals surface area contributed by atoms with Crippen molar-refractivity contribution in [3.05, 3.63) is 89.0 Å². The minimum Gasteiger partial charge on any atom is -0.327 e. The van der Waals surface area contributed by atoms with Crippen LogP contribution < -0.4 is 11.1 Å². The first kappa shape index (κ1) is 19.2. The van der Waals surface area contributed by atoms with Crippen molar-refractivity contribution in [2.75, 3.05) is 5.32 Å². The van der Waals surface area contributed by atoms with Crippen LogP contribution in [0.25, 0.3) is 11.1 Å². The maximum absolute atomic E-state index is 12.9. The number of hydrogen-bond donors (Lipinski definition) is 2. The Hall–Kier alpha value is -3.12. The van der Waals surface area contributed by atoms with Crippen molar-refractivity contribution in [1.82, 2.24) is 0 Å². The lowest BCUT2D eigenvalue weighted by Crippen LogP contribution is -2.19. The second-order valence-electron chi connectivity index (χ2n) is 7.23. The third-order valence-electron chi connectivity index (χ3n) is 5.12. The van der Waals surface area contributed by atoms with E-state index in [4.69, 9.17) is 5.73 Å². The fourth-order valence-corrected chi connectivity index (χ4v) is 3.70. The van der Waals surface area contributed by atoms with Gasteiger partial charge in [0, 0.05) is 17.3 Å². The molecule has 1 atom stereocenters. The molecule has 1 aliphatic carbocycles. The van der Waals surface area contributed by atoms with Crippen molar-refractivity contribution in [2.24, 2.45) is 5.73 Å². The first-order chi connectivity index (χ1) is 13.8. The number of carbonyl (C=O) groups excluding carboxylic acids is 1. The summed E-state index contributed by atoms with van der Waals surface area (Å²) in [5.41, 5.74) is 9.78. The molecule has 0 saturated carbocycles.